The van der Waals surface area contributed by atoms with Crippen LogP contribution in [-0.2, 0) is 4.74 Å². The summed E-state index contributed by atoms with van der Waals surface area (Å²) in [6.45, 7) is 3.32. The molecule has 2 nitrogen and oxygen atoms in total. The van der Waals surface area contributed by atoms with E-state index in [4.69, 9.17) is 10.5 Å². The highest BCUT2D eigenvalue weighted by molar-refractivity contribution is 4.83. The molecule has 2 aliphatic rings. The molecule has 1 heterocycles. The van der Waals surface area contributed by atoms with E-state index < -0.39 is 0 Å². The summed E-state index contributed by atoms with van der Waals surface area (Å²) in [5.74, 6) is 1.61. The zero-order valence-corrected chi connectivity index (χ0v) is 9.24. The van der Waals surface area contributed by atoms with Gasteiger partial charge in [0.2, 0.25) is 0 Å². The van der Waals surface area contributed by atoms with Crippen LogP contribution in [0.5, 0.6) is 0 Å². The predicted molar refractivity (Wildman–Crippen MR) is 58.1 cm³/mol. The molecule has 14 heavy (non-hydrogen) atoms. The van der Waals surface area contributed by atoms with Gasteiger partial charge in [-0.25, -0.2) is 0 Å². The fourth-order valence-corrected chi connectivity index (χ4v) is 2.94. The van der Waals surface area contributed by atoms with Crippen molar-refractivity contribution in [1.82, 2.24) is 0 Å². The van der Waals surface area contributed by atoms with Gasteiger partial charge in [-0.1, -0.05) is 13.3 Å². The average Bonchev–Trinajstić information content (AvgIpc) is 2.18. The summed E-state index contributed by atoms with van der Waals surface area (Å²) in [6, 6.07) is 0.439. The third-order valence-electron chi connectivity index (χ3n) is 3.86. The number of hydrogen-bond donors (Lipinski definition) is 1. The van der Waals surface area contributed by atoms with Gasteiger partial charge in [-0.3, -0.25) is 0 Å². The molecule has 2 rings (SSSR count). The monoisotopic (exact) mass is 197 g/mol. The van der Waals surface area contributed by atoms with Crippen LogP contribution in [0.1, 0.15) is 45.4 Å². The van der Waals surface area contributed by atoms with E-state index in [2.05, 4.69) is 6.92 Å². The van der Waals surface area contributed by atoms with Crippen LogP contribution in [-0.4, -0.2) is 18.8 Å². The SMILES string of the molecule is CC1CCOC(C2CCCC(N)C2)C1. The van der Waals surface area contributed by atoms with Crippen molar-refractivity contribution < 1.29 is 4.74 Å². The Bertz CT molecular complexity index is 163. The van der Waals surface area contributed by atoms with Crippen LogP contribution in [0, 0.1) is 11.8 Å². The molecular formula is C12H23NO. The second-order valence-corrected chi connectivity index (χ2v) is 5.23. The predicted octanol–water partition coefficient (Wildman–Crippen LogP) is 2.32. The van der Waals surface area contributed by atoms with Gasteiger partial charge in [-0.05, 0) is 43.9 Å². The topological polar surface area (TPSA) is 35.2 Å². The molecule has 2 fully saturated rings. The van der Waals surface area contributed by atoms with Crippen LogP contribution in [0.4, 0.5) is 0 Å². The third kappa shape index (κ3) is 2.48. The van der Waals surface area contributed by atoms with Gasteiger partial charge in [0, 0.05) is 12.6 Å². The molecule has 1 aliphatic carbocycles. The van der Waals surface area contributed by atoms with E-state index in [0.717, 1.165) is 18.4 Å². The lowest BCUT2D eigenvalue weighted by molar-refractivity contribution is -0.0489. The fraction of sp³-hybridized carbons (Fsp3) is 1.00. The standard InChI is InChI=1S/C12H23NO/c1-9-5-6-14-12(7-9)10-3-2-4-11(13)8-10/h9-12H,2-8,13H2,1H3. The van der Waals surface area contributed by atoms with E-state index in [1.165, 1.54) is 38.5 Å². The Morgan fingerprint density at radius 3 is 2.71 bits per heavy atom. The summed E-state index contributed by atoms with van der Waals surface area (Å²) in [5, 5.41) is 0. The summed E-state index contributed by atoms with van der Waals surface area (Å²) in [5.41, 5.74) is 6.01. The Balaban J connectivity index is 1.86. The lowest BCUT2D eigenvalue weighted by Gasteiger charge is -2.37. The number of rotatable bonds is 1. The Labute approximate surface area is 87.2 Å². The molecule has 0 bridgehead atoms. The van der Waals surface area contributed by atoms with Crippen molar-refractivity contribution in [1.29, 1.82) is 0 Å². The van der Waals surface area contributed by atoms with Crippen LogP contribution in [0.15, 0.2) is 0 Å². The van der Waals surface area contributed by atoms with Gasteiger partial charge in [0.15, 0.2) is 0 Å². The summed E-state index contributed by atoms with van der Waals surface area (Å²) in [4.78, 5) is 0. The van der Waals surface area contributed by atoms with E-state index in [9.17, 15) is 0 Å². The van der Waals surface area contributed by atoms with Gasteiger partial charge in [0.05, 0.1) is 6.10 Å². The van der Waals surface area contributed by atoms with Gasteiger partial charge in [0.1, 0.15) is 0 Å². The minimum absolute atomic E-state index is 0.439. The molecule has 0 aromatic rings. The minimum Gasteiger partial charge on any atom is -0.378 e. The molecule has 0 amide bonds. The van der Waals surface area contributed by atoms with Crippen LogP contribution in [0.25, 0.3) is 0 Å². The Kier molecular flexibility index (Phi) is 3.45. The number of hydrogen-bond acceptors (Lipinski definition) is 2. The van der Waals surface area contributed by atoms with Gasteiger partial charge in [-0.15, -0.1) is 0 Å². The van der Waals surface area contributed by atoms with E-state index in [1.54, 1.807) is 0 Å². The molecule has 1 saturated heterocycles. The molecule has 82 valence electrons. The van der Waals surface area contributed by atoms with Gasteiger partial charge in [-0.2, -0.15) is 0 Å². The molecule has 0 aromatic carbocycles. The Morgan fingerprint density at radius 1 is 1.14 bits per heavy atom. The summed E-state index contributed by atoms with van der Waals surface area (Å²) in [6.07, 6.45) is 8.08. The van der Waals surface area contributed by atoms with Crippen LogP contribution < -0.4 is 5.73 Å². The van der Waals surface area contributed by atoms with Gasteiger partial charge in [0.25, 0.3) is 0 Å². The van der Waals surface area contributed by atoms with E-state index in [0.29, 0.717) is 12.1 Å². The maximum absolute atomic E-state index is 6.01. The summed E-state index contributed by atoms with van der Waals surface area (Å²) >= 11 is 0. The largest absolute Gasteiger partial charge is 0.378 e. The first-order valence-corrected chi connectivity index (χ1v) is 6.13. The fourth-order valence-electron chi connectivity index (χ4n) is 2.94. The quantitative estimate of drug-likeness (QED) is 0.700. The van der Waals surface area contributed by atoms with E-state index >= 15 is 0 Å². The molecule has 2 heteroatoms. The van der Waals surface area contributed by atoms with E-state index in [1.807, 2.05) is 0 Å². The number of nitrogens with two attached hydrogens (primary N) is 1. The molecule has 2 N–H and O–H groups in total. The molecule has 0 aromatic heterocycles. The normalized spacial score (nSPS) is 45.0. The maximum Gasteiger partial charge on any atom is 0.0606 e. The summed E-state index contributed by atoms with van der Waals surface area (Å²) < 4.78 is 5.88. The van der Waals surface area contributed by atoms with Crippen molar-refractivity contribution in [3.8, 4) is 0 Å². The smallest absolute Gasteiger partial charge is 0.0606 e. The molecule has 4 atom stereocenters. The molecule has 1 aliphatic heterocycles. The van der Waals surface area contributed by atoms with Crippen molar-refractivity contribution >= 4 is 0 Å². The Hall–Kier alpha value is -0.0800. The first-order valence-electron chi connectivity index (χ1n) is 6.13. The third-order valence-corrected chi connectivity index (χ3v) is 3.86. The van der Waals surface area contributed by atoms with Crippen molar-refractivity contribution in [2.24, 2.45) is 17.6 Å². The van der Waals surface area contributed by atoms with Crippen LogP contribution in [0.2, 0.25) is 0 Å². The first-order chi connectivity index (χ1) is 6.75. The molecule has 1 saturated carbocycles. The maximum atomic E-state index is 6.01. The highest BCUT2D eigenvalue weighted by Gasteiger charge is 2.30. The van der Waals surface area contributed by atoms with Crippen LogP contribution >= 0.6 is 0 Å². The average molecular weight is 197 g/mol. The molecular weight excluding hydrogens is 174 g/mol. The second kappa shape index (κ2) is 4.63. The highest BCUT2D eigenvalue weighted by atomic mass is 16.5. The Morgan fingerprint density at radius 2 is 2.00 bits per heavy atom. The van der Waals surface area contributed by atoms with Gasteiger partial charge < -0.3 is 10.5 Å². The highest BCUT2D eigenvalue weighted by Crippen LogP contribution is 2.33. The van der Waals surface area contributed by atoms with Gasteiger partial charge >= 0.3 is 0 Å². The van der Waals surface area contributed by atoms with Crippen molar-refractivity contribution in [2.45, 2.75) is 57.6 Å². The van der Waals surface area contributed by atoms with Crippen LogP contribution in [0.3, 0.4) is 0 Å². The summed E-state index contributed by atoms with van der Waals surface area (Å²) in [7, 11) is 0. The molecule has 0 radical (unpaired) electrons. The minimum atomic E-state index is 0.439. The zero-order valence-electron chi connectivity index (χ0n) is 9.24. The lowest BCUT2D eigenvalue weighted by Crippen LogP contribution is -2.38. The molecule has 4 unspecified atom stereocenters. The second-order valence-electron chi connectivity index (χ2n) is 5.23. The van der Waals surface area contributed by atoms with Crippen molar-refractivity contribution in [3.63, 3.8) is 0 Å². The van der Waals surface area contributed by atoms with E-state index in [-0.39, 0.29) is 0 Å². The molecule has 0 spiro atoms. The lowest BCUT2D eigenvalue weighted by atomic mass is 9.79. The zero-order chi connectivity index (χ0) is 9.97. The van der Waals surface area contributed by atoms with Crippen molar-refractivity contribution in [2.75, 3.05) is 6.61 Å². The first kappa shape index (κ1) is 10.4. The number of ether oxygens (including phenoxy) is 1. The van der Waals surface area contributed by atoms with Crippen molar-refractivity contribution in [3.05, 3.63) is 0 Å².